The summed E-state index contributed by atoms with van der Waals surface area (Å²) in [7, 11) is -3.89. The summed E-state index contributed by atoms with van der Waals surface area (Å²) in [6.45, 7) is 3.82. The molecule has 0 fully saturated rings. The van der Waals surface area contributed by atoms with E-state index >= 15 is 0 Å². The molecule has 0 atom stereocenters. The van der Waals surface area contributed by atoms with Crippen LogP contribution >= 0.6 is 0 Å². The predicted molar refractivity (Wildman–Crippen MR) is 118 cm³/mol. The number of sulfonamides is 1. The zero-order valence-electron chi connectivity index (χ0n) is 16.7. The SMILES string of the molecule is Cc1ccc(-c2cn3cccc(C)c3n2)cc1NS(=O)(=O)c1ccc2oc(=O)[nH]c2c1. The number of H-pyrrole nitrogens is 1. The van der Waals surface area contributed by atoms with Crippen LogP contribution < -0.4 is 10.5 Å². The molecular formula is C22H18N4O4S. The fraction of sp³-hybridized carbons (Fsp3) is 0.0909. The molecule has 156 valence electrons. The van der Waals surface area contributed by atoms with Gasteiger partial charge in [-0.15, -0.1) is 0 Å². The van der Waals surface area contributed by atoms with E-state index in [0.29, 0.717) is 16.8 Å². The van der Waals surface area contributed by atoms with Gasteiger partial charge < -0.3 is 8.82 Å². The first-order chi connectivity index (χ1) is 14.8. The molecule has 0 bridgehead atoms. The number of imidazole rings is 1. The van der Waals surface area contributed by atoms with Crippen molar-refractivity contribution in [1.29, 1.82) is 0 Å². The molecule has 0 amide bonds. The Morgan fingerprint density at radius 1 is 1.06 bits per heavy atom. The van der Waals surface area contributed by atoms with Crippen molar-refractivity contribution in [1.82, 2.24) is 14.4 Å². The van der Waals surface area contributed by atoms with E-state index in [0.717, 1.165) is 28.0 Å². The molecule has 0 unspecified atom stereocenters. The summed E-state index contributed by atoms with van der Waals surface area (Å²) >= 11 is 0. The zero-order valence-corrected chi connectivity index (χ0v) is 17.5. The Morgan fingerprint density at radius 2 is 1.90 bits per heavy atom. The van der Waals surface area contributed by atoms with Gasteiger partial charge in [-0.05, 0) is 55.3 Å². The van der Waals surface area contributed by atoms with Gasteiger partial charge in [0.25, 0.3) is 10.0 Å². The molecule has 0 aliphatic carbocycles. The molecule has 31 heavy (non-hydrogen) atoms. The Bertz CT molecular complexity index is 1630. The van der Waals surface area contributed by atoms with Gasteiger partial charge >= 0.3 is 5.76 Å². The van der Waals surface area contributed by atoms with Crippen LogP contribution in [0.1, 0.15) is 11.1 Å². The van der Waals surface area contributed by atoms with Crippen LogP contribution in [0.4, 0.5) is 5.69 Å². The van der Waals surface area contributed by atoms with E-state index < -0.39 is 15.8 Å². The van der Waals surface area contributed by atoms with Crippen molar-refractivity contribution in [3.05, 3.63) is 82.6 Å². The Kier molecular flexibility index (Phi) is 4.23. The third kappa shape index (κ3) is 3.38. The topological polar surface area (TPSA) is 109 Å². The van der Waals surface area contributed by atoms with Gasteiger partial charge in [-0.2, -0.15) is 0 Å². The lowest BCUT2D eigenvalue weighted by molar-refractivity contribution is 0.555. The molecule has 2 aromatic carbocycles. The summed E-state index contributed by atoms with van der Waals surface area (Å²) in [5, 5.41) is 0. The maximum atomic E-state index is 13.0. The predicted octanol–water partition coefficient (Wildman–Crippen LogP) is 3.85. The number of anilines is 1. The summed E-state index contributed by atoms with van der Waals surface area (Å²) in [6, 6.07) is 13.7. The maximum Gasteiger partial charge on any atom is 0.417 e. The third-order valence-electron chi connectivity index (χ3n) is 5.16. The third-order valence-corrected chi connectivity index (χ3v) is 6.52. The van der Waals surface area contributed by atoms with Crippen molar-refractivity contribution in [2.45, 2.75) is 18.7 Å². The first-order valence-corrected chi connectivity index (χ1v) is 11.0. The summed E-state index contributed by atoms with van der Waals surface area (Å²) < 4.78 is 35.5. The van der Waals surface area contributed by atoms with Crippen molar-refractivity contribution < 1.29 is 12.8 Å². The Labute approximate surface area is 177 Å². The molecule has 0 aliphatic heterocycles. The minimum absolute atomic E-state index is 0.0187. The molecular weight excluding hydrogens is 416 g/mol. The number of pyridine rings is 1. The van der Waals surface area contributed by atoms with E-state index in [9.17, 15) is 13.2 Å². The maximum absolute atomic E-state index is 13.0. The van der Waals surface area contributed by atoms with Gasteiger partial charge in [-0.3, -0.25) is 9.71 Å². The highest BCUT2D eigenvalue weighted by molar-refractivity contribution is 7.92. The Morgan fingerprint density at radius 3 is 2.71 bits per heavy atom. The number of aromatic nitrogens is 3. The van der Waals surface area contributed by atoms with Crippen LogP contribution in [0.5, 0.6) is 0 Å². The molecule has 9 heteroatoms. The van der Waals surface area contributed by atoms with E-state index in [1.54, 1.807) is 6.07 Å². The summed E-state index contributed by atoms with van der Waals surface area (Å²) in [5.41, 5.74) is 5.27. The van der Waals surface area contributed by atoms with Gasteiger partial charge in [0, 0.05) is 18.0 Å². The van der Waals surface area contributed by atoms with Crippen LogP contribution in [0.25, 0.3) is 28.0 Å². The molecule has 5 aromatic rings. The summed E-state index contributed by atoms with van der Waals surface area (Å²) in [5.74, 6) is -0.635. The second kappa shape index (κ2) is 6.85. The second-order valence-corrected chi connectivity index (χ2v) is 9.04. The minimum Gasteiger partial charge on any atom is -0.408 e. The normalized spacial score (nSPS) is 11.9. The van der Waals surface area contributed by atoms with Crippen LogP contribution in [0.2, 0.25) is 0 Å². The molecule has 0 saturated heterocycles. The van der Waals surface area contributed by atoms with Gasteiger partial charge in [-0.1, -0.05) is 18.2 Å². The van der Waals surface area contributed by atoms with Crippen molar-refractivity contribution in [3.8, 4) is 11.3 Å². The highest BCUT2D eigenvalue weighted by atomic mass is 32.2. The van der Waals surface area contributed by atoms with Crippen LogP contribution in [-0.2, 0) is 10.0 Å². The molecule has 2 N–H and O–H groups in total. The standard InChI is InChI=1S/C22H18N4O4S/c1-13-5-6-15(19-12-26-9-3-4-14(2)21(26)23-19)10-17(13)25-31(28,29)16-7-8-20-18(11-16)24-22(27)30-20/h3-12,25H,1-2H3,(H,24,27). The number of fused-ring (bicyclic) bond motifs is 2. The molecule has 0 radical (unpaired) electrons. The molecule has 8 nitrogen and oxygen atoms in total. The largest absolute Gasteiger partial charge is 0.417 e. The quantitative estimate of drug-likeness (QED) is 0.446. The average Bonchev–Trinajstić information content (AvgIpc) is 3.32. The average molecular weight is 434 g/mol. The van der Waals surface area contributed by atoms with Crippen molar-refractivity contribution in [2.75, 3.05) is 4.72 Å². The number of hydrogen-bond acceptors (Lipinski definition) is 5. The van der Waals surface area contributed by atoms with Crippen molar-refractivity contribution in [3.63, 3.8) is 0 Å². The van der Waals surface area contributed by atoms with Gasteiger partial charge in [-0.25, -0.2) is 18.2 Å². The number of benzene rings is 2. The van der Waals surface area contributed by atoms with E-state index in [2.05, 4.69) is 14.7 Å². The summed E-state index contributed by atoms with van der Waals surface area (Å²) in [4.78, 5) is 18.5. The van der Waals surface area contributed by atoms with Gasteiger partial charge in [0.05, 0.1) is 21.8 Å². The second-order valence-electron chi connectivity index (χ2n) is 7.36. The molecule has 0 spiro atoms. The van der Waals surface area contributed by atoms with Gasteiger partial charge in [0.1, 0.15) is 5.65 Å². The smallest absolute Gasteiger partial charge is 0.408 e. The lowest BCUT2D eigenvalue weighted by Crippen LogP contribution is -2.13. The Hall–Kier alpha value is -3.85. The number of aromatic amines is 1. The molecule has 3 heterocycles. The fourth-order valence-corrected chi connectivity index (χ4v) is 4.63. The van der Waals surface area contributed by atoms with E-state index in [1.165, 1.54) is 18.2 Å². The van der Waals surface area contributed by atoms with Gasteiger partial charge in [0.15, 0.2) is 5.58 Å². The van der Waals surface area contributed by atoms with Crippen LogP contribution in [-0.4, -0.2) is 22.8 Å². The monoisotopic (exact) mass is 434 g/mol. The van der Waals surface area contributed by atoms with Crippen LogP contribution in [0.3, 0.4) is 0 Å². The van der Waals surface area contributed by atoms with Crippen LogP contribution in [0, 0.1) is 13.8 Å². The number of oxazole rings is 1. The highest BCUT2D eigenvalue weighted by Gasteiger charge is 2.18. The lowest BCUT2D eigenvalue weighted by atomic mass is 10.1. The first kappa shape index (κ1) is 19.1. The molecule has 0 aliphatic rings. The fourth-order valence-electron chi connectivity index (χ4n) is 3.49. The van der Waals surface area contributed by atoms with Crippen molar-refractivity contribution >= 4 is 32.5 Å². The van der Waals surface area contributed by atoms with E-state index in [1.807, 2.05) is 54.9 Å². The molecule has 3 aromatic heterocycles. The number of hydrogen-bond donors (Lipinski definition) is 2. The lowest BCUT2D eigenvalue weighted by Gasteiger charge is -2.12. The van der Waals surface area contributed by atoms with E-state index in [-0.39, 0.29) is 4.90 Å². The van der Waals surface area contributed by atoms with Gasteiger partial charge in [0.2, 0.25) is 0 Å². The van der Waals surface area contributed by atoms with Crippen molar-refractivity contribution in [2.24, 2.45) is 0 Å². The zero-order chi connectivity index (χ0) is 21.8. The van der Waals surface area contributed by atoms with E-state index in [4.69, 9.17) is 4.42 Å². The summed E-state index contributed by atoms with van der Waals surface area (Å²) in [6.07, 6.45) is 3.83. The molecule has 5 rings (SSSR count). The number of nitrogens with zero attached hydrogens (tertiary/aromatic N) is 2. The first-order valence-electron chi connectivity index (χ1n) is 9.51. The highest BCUT2D eigenvalue weighted by Crippen LogP contribution is 2.28. The number of nitrogens with one attached hydrogen (secondary N) is 2. The minimum atomic E-state index is -3.89. The van der Waals surface area contributed by atoms with Crippen LogP contribution in [0.15, 0.2) is 75.0 Å². The molecule has 0 saturated carbocycles. The number of aryl methyl sites for hydroxylation is 2. The Balaban J connectivity index is 1.53. The number of rotatable bonds is 4.